The molecule has 2 saturated heterocycles. The third kappa shape index (κ3) is 3.72. The second-order valence-electron chi connectivity index (χ2n) is 5.48. The molecule has 2 aliphatic rings. The average Bonchev–Trinajstić information content (AvgIpc) is 2.44. The van der Waals surface area contributed by atoms with Gasteiger partial charge in [-0.1, -0.05) is 12.8 Å². The molecule has 94 valence electrons. The molecule has 2 aliphatic heterocycles. The van der Waals surface area contributed by atoms with Crippen LogP contribution < -0.4 is 5.32 Å². The Kier molecular flexibility index (Phi) is 4.62. The minimum Gasteiger partial charge on any atom is -0.373 e. The molecule has 3 atom stereocenters. The van der Waals surface area contributed by atoms with Crippen molar-refractivity contribution in [3.8, 4) is 0 Å². The normalized spacial score (nSPS) is 38.2. The Morgan fingerprint density at radius 3 is 2.62 bits per heavy atom. The maximum atomic E-state index is 5.77. The quantitative estimate of drug-likeness (QED) is 0.774. The van der Waals surface area contributed by atoms with Gasteiger partial charge in [0.2, 0.25) is 0 Å². The summed E-state index contributed by atoms with van der Waals surface area (Å²) < 4.78 is 5.77. The first kappa shape index (κ1) is 12.3. The van der Waals surface area contributed by atoms with E-state index in [1.165, 1.54) is 38.8 Å². The van der Waals surface area contributed by atoms with Crippen LogP contribution >= 0.6 is 0 Å². The summed E-state index contributed by atoms with van der Waals surface area (Å²) >= 11 is 0. The van der Waals surface area contributed by atoms with Crippen molar-refractivity contribution in [2.24, 2.45) is 0 Å². The van der Waals surface area contributed by atoms with Gasteiger partial charge < -0.3 is 10.1 Å². The maximum absolute atomic E-state index is 5.77. The lowest BCUT2D eigenvalue weighted by Gasteiger charge is -2.37. The van der Waals surface area contributed by atoms with E-state index in [9.17, 15) is 0 Å². The van der Waals surface area contributed by atoms with Crippen LogP contribution in [0.2, 0.25) is 0 Å². The van der Waals surface area contributed by atoms with Crippen molar-refractivity contribution < 1.29 is 4.74 Å². The third-order valence-corrected chi connectivity index (χ3v) is 3.64. The fourth-order valence-electron chi connectivity index (χ4n) is 3.00. The van der Waals surface area contributed by atoms with Crippen LogP contribution in [0.4, 0.5) is 0 Å². The molecule has 3 unspecified atom stereocenters. The zero-order valence-corrected chi connectivity index (χ0v) is 10.7. The summed E-state index contributed by atoms with van der Waals surface area (Å²) in [5, 5.41) is 3.68. The molecule has 0 spiro atoms. The van der Waals surface area contributed by atoms with E-state index in [1.54, 1.807) is 0 Å². The predicted molar refractivity (Wildman–Crippen MR) is 66.7 cm³/mol. The summed E-state index contributed by atoms with van der Waals surface area (Å²) in [6.45, 7) is 8.98. The van der Waals surface area contributed by atoms with Crippen molar-refractivity contribution in [3.05, 3.63) is 0 Å². The van der Waals surface area contributed by atoms with Gasteiger partial charge in [-0.3, -0.25) is 4.90 Å². The minimum atomic E-state index is 0.398. The zero-order valence-electron chi connectivity index (χ0n) is 10.7. The summed E-state index contributed by atoms with van der Waals surface area (Å²) in [4.78, 5) is 2.57. The lowest BCUT2D eigenvalue weighted by atomic mass is 10.1. The van der Waals surface area contributed by atoms with Crippen LogP contribution in [0.5, 0.6) is 0 Å². The molecule has 0 amide bonds. The Labute approximate surface area is 99.5 Å². The summed E-state index contributed by atoms with van der Waals surface area (Å²) in [6.07, 6.45) is 6.29. The standard InChI is InChI=1S/C13H26N2O/c1-11-8-15(9-12(2)16-11)10-13-6-4-3-5-7-14-13/h11-14H,3-10H2,1-2H3. The summed E-state index contributed by atoms with van der Waals surface area (Å²) in [5.74, 6) is 0. The van der Waals surface area contributed by atoms with Gasteiger partial charge in [0.1, 0.15) is 0 Å². The van der Waals surface area contributed by atoms with E-state index in [0.717, 1.165) is 13.1 Å². The molecule has 0 bridgehead atoms. The highest BCUT2D eigenvalue weighted by Gasteiger charge is 2.24. The Morgan fingerprint density at radius 1 is 1.12 bits per heavy atom. The molecule has 2 fully saturated rings. The Hall–Kier alpha value is -0.120. The van der Waals surface area contributed by atoms with Crippen LogP contribution in [-0.4, -0.2) is 49.3 Å². The van der Waals surface area contributed by atoms with Crippen molar-refractivity contribution in [1.29, 1.82) is 0 Å². The summed E-state index contributed by atoms with van der Waals surface area (Å²) in [6, 6.07) is 0.708. The maximum Gasteiger partial charge on any atom is 0.0678 e. The molecule has 0 aromatic rings. The van der Waals surface area contributed by atoms with Crippen molar-refractivity contribution in [2.75, 3.05) is 26.2 Å². The largest absolute Gasteiger partial charge is 0.373 e. The number of nitrogens with zero attached hydrogens (tertiary/aromatic N) is 1. The Balaban J connectivity index is 1.78. The predicted octanol–water partition coefficient (Wildman–Crippen LogP) is 1.63. The van der Waals surface area contributed by atoms with E-state index >= 15 is 0 Å². The van der Waals surface area contributed by atoms with E-state index in [0.29, 0.717) is 18.2 Å². The van der Waals surface area contributed by atoms with Crippen molar-refractivity contribution in [3.63, 3.8) is 0 Å². The monoisotopic (exact) mass is 226 g/mol. The van der Waals surface area contributed by atoms with E-state index < -0.39 is 0 Å². The van der Waals surface area contributed by atoms with Crippen LogP contribution in [0.15, 0.2) is 0 Å². The number of hydrogen-bond donors (Lipinski definition) is 1. The van der Waals surface area contributed by atoms with Gasteiger partial charge in [0, 0.05) is 25.7 Å². The zero-order chi connectivity index (χ0) is 11.4. The first-order valence-corrected chi connectivity index (χ1v) is 6.85. The molecule has 2 rings (SSSR count). The van der Waals surface area contributed by atoms with Crippen LogP contribution in [0.1, 0.15) is 39.5 Å². The Morgan fingerprint density at radius 2 is 1.88 bits per heavy atom. The van der Waals surface area contributed by atoms with Gasteiger partial charge >= 0.3 is 0 Å². The van der Waals surface area contributed by atoms with E-state index in [4.69, 9.17) is 4.74 Å². The molecular weight excluding hydrogens is 200 g/mol. The lowest BCUT2D eigenvalue weighted by molar-refractivity contribution is -0.0699. The topological polar surface area (TPSA) is 24.5 Å². The molecular formula is C13H26N2O. The number of rotatable bonds is 2. The molecule has 2 heterocycles. The number of ether oxygens (including phenoxy) is 1. The van der Waals surface area contributed by atoms with Gasteiger partial charge in [-0.05, 0) is 33.2 Å². The van der Waals surface area contributed by atoms with Crippen molar-refractivity contribution in [2.45, 2.75) is 57.8 Å². The second kappa shape index (κ2) is 5.99. The van der Waals surface area contributed by atoms with E-state index in [2.05, 4.69) is 24.1 Å². The highest BCUT2D eigenvalue weighted by Crippen LogP contribution is 2.14. The van der Waals surface area contributed by atoms with Gasteiger partial charge in [0.05, 0.1) is 12.2 Å². The molecule has 16 heavy (non-hydrogen) atoms. The van der Waals surface area contributed by atoms with Crippen LogP contribution in [0, 0.1) is 0 Å². The highest BCUT2D eigenvalue weighted by atomic mass is 16.5. The van der Waals surface area contributed by atoms with E-state index in [-0.39, 0.29) is 0 Å². The van der Waals surface area contributed by atoms with Crippen LogP contribution in [-0.2, 0) is 4.74 Å². The van der Waals surface area contributed by atoms with Crippen LogP contribution in [0.3, 0.4) is 0 Å². The molecule has 0 aliphatic carbocycles. The smallest absolute Gasteiger partial charge is 0.0678 e. The number of morpholine rings is 1. The molecule has 0 radical (unpaired) electrons. The summed E-state index contributed by atoms with van der Waals surface area (Å²) in [5.41, 5.74) is 0. The molecule has 3 heteroatoms. The van der Waals surface area contributed by atoms with E-state index in [1.807, 2.05) is 0 Å². The minimum absolute atomic E-state index is 0.398. The fraction of sp³-hybridized carbons (Fsp3) is 1.00. The highest BCUT2D eigenvalue weighted by molar-refractivity contribution is 4.79. The molecule has 0 aromatic heterocycles. The number of nitrogens with one attached hydrogen (secondary N) is 1. The lowest BCUT2D eigenvalue weighted by Crippen LogP contribution is -2.50. The first-order valence-electron chi connectivity index (χ1n) is 6.85. The van der Waals surface area contributed by atoms with Gasteiger partial charge in [-0.25, -0.2) is 0 Å². The number of hydrogen-bond acceptors (Lipinski definition) is 3. The molecule has 1 N–H and O–H groups in total. The SMILES string of the molecule is CC1CN(CC2CCCCCN2)CC(C)O1. The molecule has 0 saturated carbocycles. The third-order valence-electron chi connectivity index (χ3n) is 3.64. The Bertz CT molecular complexity index is 192. The average molecular weight is 226 g/mol. The van der Waals surface area contributed by atoms with Crippen molar-refractivity contribution in [1.82, 2.24) is 10.2 Å². The fourth-order valence-corrected chi connectivity index (χ4v) is 3.00. The van der Waals surface area contributed by atoms with Gasteiger partial charge in [-0.15, -0.1) is 0 Å². The van der Waals surface area contributed by atoms with Gasteiger partial charge in [0.15, 0.2) is 0 Å². The second-order valence-corrected chi connectivity index (χ2v) is 5.48. The molecule has 3 nitrogen and oxygen atoms in total. The van der Waals surface area contributed by atoms with Gasteiger partial charge in [-0.2, -0.15) is 0 Å². The first-order chi connectivity index (χ1) is 7.74. The molecule has 0 aromatic carbocycles. The van der Waals surface area contributed by atoms with Crippen LogP contribution in [0.25, 0.3) is 0 Å². The summed E-state index contributed by atoms with van der Waals surface area (Å²) in [7, 11) is 0. The van der Waals surface area contributed by atoms with Gasteiger partial charge in [0.25, 0.3) is 0 Å². The van der Waals surface area contributed by atoms with Crippen molar-refractivity contribution >= 4 is 0 Å².